The van der Waals surface area contributed by atoms with Crippen LogP contribution in [0.3, 0.4) is 0 Å². The molecule has 3 aromatic heterocycles. The van der Waals surface area contributed by atoms with Gasteiger partial charge < -0.3 is 8.83 Å². The van der Waals surface area contributed by atoms with Gasteiger partial charge in [-0.25, -0.2) is 9.97 Å². The van der Waals surface area contributed by atoms with Gasteiger partial charge in [-0.05, 0) is 76.7 Å². The van der Waals surface area contributed by atoms with E-state index in [4.69, 9.17) is 12.9 Å². The van der Waals surface area contributed by atoms with Crippen LogP contribution in [0.2, 0.25) is 0 Å². The molecule has 0 aliphatic rings. The topological polar surface area (TPSA) is 52.1 Å². The fraction of sp³-hybridized carbons (Fsp3) is 0.333. The molecule has 7 aromatic rings. The third kappa shape index (κ3) is 4.73. The average molecular weight is 612 g/mol. The van der Waals surface area contributed by atoms with Crippen LogP contribution < -0.4 is 0 Å². The number of hydrogen-bond donors (Lipinski definition) is 0. The summed E-state index contributed by atoms with van der Waals surface area (Å²) in [5, 5.41) is 3.23. The number of nitrogens with zero attached hydrogens (tertiary/aromatic N) is 2. The number of fused-ring (bicyclic) bond motifs is 6. The van der Waals surface area contributed by atoms with Gasteiger partial charge in [-0.2, -0.15) is 0 Å². The Morgan fingerprint density at radius 2 is 1.37 bits per heavy atom. The summed E-state index contributed by atoms with van der Waals surface area (Å²) in [5.41, 5.74) is 10.6. The molecule has 0 saturated carbocycles. The normalized spacial score (nSPS) is 14.0. The molecule has 0 aliphatic heterocycles. The Morgan fingerprint density at radius 3 is 2.02 bits per heavy atom. The van der Waals surface area contributed by atoms with Crippen LogP contribution in [0.1, 0.15) is 112 Å². The second-order valence-electron chi connectivity index (χ2n) is 14.6. The molecule has 0 saturated heterocycles. The molecule has 0 amide bonds. The maximum atomic E-state index is 8.63. The minimum Gasteiger partial charge on any atom is -0.455 e. The van der Waals surface area contributed by atoms with E-state index in [1.807, 2.05) is 30.3 Å². The first-order chi connectivity index (χ1) is 23.1. The largest absolute Gasteiger partial charge is 0.455 e. The number of aromatic nitrogens is 2. The van der Waals surface area contributed by atoms with Crippen LogP contribution in [0.4, 0.5) is 0 Å². The molecule has 0 unspecified atom stereocenters. The molecule has 7 rings (SSSR count). The van der Waals surface area contributed by atoms with Crippen molar-refractivity contribution in [2.24, 2.45) is 0 Å². The number of furan rings is 2. The van der Waals surface area contributed by atoms with E-state index in [0.717, 1.165) is 49.7 Å². The standard InChI is InChI=1S/C42H44N2O2/c1-22(2)26-17-29(23(3)4)37(30(18-26)24(5)6)38-40-31(27-13-11-12-14-34(27)45-40)19-32-36-25(7)15-16-28(39(36)46-41(32)38)33-20-35(42(8,9)10)44-21-43-33/h11-24H,1-10H3/i7D3. The Hall–Kier alpha value is -4.44. The molecule has 0 fully saturated rings. The highest BCUT2D eigenvalue weighted by Crippen LogP contribution is 2.50. The van der Waals surface area contributed by atoms with Crippen molar-refractivity contribution in [3.8, 4) is 22.4 Å². The predicted octanol–water partition coefficient (Wildman–Crippen LogP) is 12.6. The maximum absolute atomic E-state index is 8.63. The minimum atomic E-state index is -2.38. The van der Waals surface area contributed by atoms with Crippen LogP contribution in [0.5, 0.6) is 0 Å². The highest BCUT2D eigenvalue weighted by Gasteiger charge is 2.28. The van der Waals surface area contributed by atoms with Gasteiger partial charge in [0.05, 0.1) is 11.3 Å². The van der Waals surface area contributed by atoms with Gasteiger partial charge in [0.2, 0.25) is 0 Å². The number of benzene rings is 4. The lowest BCUT2D eigenvalue weighted by molar-refractivity contribution is 0.567. The highest BCUT2D eigenvalue weighted by atomic mass is 16.3. The Bertz CT molecular complexity index is 2370. The predicted molar refractivity (Wildman–Crippen MR) is 193 cm³/mol. The van der Waals surface area contributed by atoms with E-state index < -0.39 is 6.85 Å². The zero-order valence-electron chi connectivity index (χ0n) is 31.3. The van der Waals surface area contributed by atoms with Gasteiger partial charge in [-0.15, -0.1) is 0 Å². The molecule has 0 N–H and O–H groups in total. The molecule has 4 nitrogen and oxygen atoms in total. The summed E-state index contributed by atoms with van der Waals surface area (Å²) in [4.78, 5) is 9.23. The van der Waals surface area contributed by atoms with Gasteiger partial charge in [0.1, 0.15) is 28.7 Å². The van der Waals surface area contributed by atoms with Gasteiger partial charge in [0, 0.05) is 42.3 Å². The monoisotopic (exact) mass is 611 g/mol. The van der Waals surface area contributed by atoms with Crippen molar-refractivity contribution in [3.63, 3.8) is 0 Å². The average Bonchev–Trinajstić information content (AvgIpc) is 3.60. The van der Waals surface area contributed by atoms with Gasteiger partial charge in [0.25, 0.3) is 0 Å². The van der Waals surface area contributed by atoms with Crippen molar-refractivity contribution in [3.05, 3.63) is 94.9 Å². The zero-order valence-corrected chi connectivity index (χ0v) is 28.3. The summed E-state index contributed by atoms with van der Waals surface area (Å²) >= 11 is 0. The summed E-state index contributed by atoms with van der Waals surface area (Å²) in [6, 6.07) is 20.3. The molecule has 46 heavy (non-hydrogen) atoms. The Labute approximate surface area is 276 Å². The Kier molecular flexibility index (Phi) is 6.30. The van der Waals surface area contributed by atoms with Gasteiger partial charge in [-0.1, -0.05) is 98.7 Å². The zero-order chi connectivity index (χ0) is 35.2. The molecule has 4 aromatic carbocycles. The van der Waals surface area contributed by atoms with Crippen molar-refractivity contribution in [2.45, 2.75) is 92.3 Å². The van der Waals surface area contributed by atoms with E-state index in [-0.39, 0.29) is 22.8 Å². The molecular formula is C42H44N2O2. The van der Waals surface area contributed by atoms with Crippen LogP contribution >= 0.6 is 0 Å². The first-order valence-electron chi connectivity index (χ1n) is 17.9. The molecule has 3 heterocycles. The molecule has 4 heteroatoms. The molecule has 0 spiro atoms. The van der Waals surface area contributed by atoms with Crippen LogP contribution in [0, 0.1) is 6.85 Å². The SMILES string of the molecule is [2H]C([2H])([2H])c1ccc(-c2cc(C(C)(C)C)ncn2)c2oc3c(-c4c(C(C)C)cc(C(C)C)cc4C(C)C)c4oc5ccccc5c4cc3c12. The van der Waals surface area contributed by atoms with Gasteiger partial charge in [0.15, 0.2) is 0 Å². The molecular weight excluding hydrogens is 564 g/mol. The summed E-state index contributed by atoms with van der Waals surface area (Å²) in [7, 11) is 0. The summed E-state index contributed by atoms with van der Waals surface area (Å²) in [6.07, 6.45) is 1.58. The Morgan fingerprint density at radius 1 is 0.674 bits per heavy atom. The lowest BCUT2D eigenvalue weighted by Crippen LogP contribution is -2.13. The van der Waals surface area contributed by atoms with E-state index in [1.165, 1.54) is 16.7 Å². The van der Waals surface area contributed by atoms with E-state index in [0.29, 0.717) is 28.2 Å². The highest BCUT2D eigenvalue weighted by molar-refractivity contribution is 6.24. The molecule has 234 valence electrons. The van der Waals surface area contributed by atoms with Crippen molar-refractivity contribution < 1.29 is 12.9 Å². The number of hydrogen-bond acceptors (Lipinski definition) is 4. The Balaban J connectivity index is 1.73. The number of aryl methyl sites for hydroxylation is 1. The van der Waals surface area contributed by atoms with E-state index in [2.05, 4.69) is 96.5 Å². The van der Waals surface area contributed by atoms with Crippen LogP contribution in [0.15, 0.2) is 75.8 Å². The van der Waals surface area contributed by atoms with Crippen molar-refractivity contribution in [2.75, 3.05) is 0 Å². The number of para-hydroxylation sites is 1. The van der Waals surface area contributed by atoms with Gasteiger partial charge >= 0.3 is 0 Å². The third-order valence-corrected chi connectivity index (χ3v) is 9.35. The lowest BCUT2D eigenvalue weighted by atomic mass is 9.81. The summed E-state index contributed by atoms with van der Waals surface area (Å²) < 4.78 is 39.7. The number of rotatable bonds is 5. The summed E-state index contributed by atoms with van der Waals surface area (Å²) in [6.45, 7) is 17.3. The van der Waals surface area contributed by atoms with E-state index in [1.54, 1.807) is 12.4 Å². The smallest absolute Gasteiger partial charge is 0.147 e. The van der Waals surface area contributed by atoms with Crippen LogP contribution in [0.25, 0.3) is 66.3 Å². The second kappa shape index (κ2) is 10.8. The van der Waals surface area contributed by atoms with Crippen molar-refractivity contribution in [1.29, 1.82) is 0 Å². The lowest BCUT2D eigenvalue weighted by Gasteiger charge is -2.23. The van der Waals surface area contributed by atoms with Crippen molar-refractivity contribution >= 4 is 43.9 Å². The fourth-order valence-electron chi connectivity index (χ4n) is 6.78. The quantitative estimate of drug-likeness (QED) is 0.194. The first-order valence-corrected chi connectivity index (χ1v) is 16.4. The first kappa shape index (κ1) is 26.7. The second-order valence-corrected chi connectivity index (χ2v) is 14.6. The van der Waals surface area contributed by atoms with Crippen molar-refractivity contribution in [1.82, 2.24) is 9.97 Å². The summed E-state index contributed by atoms with van der Waals surface area (Å²) in [5.74, 6) is 0.763. The van der Waals surface area contributed by atoms with E-state index >= 15 is 0 Å². The third-order valence-electron chi connectivity index (χ3n) is 9.35. The van der Waals surface area contributed by atoms with Crippen LogP contribution in [-0.4, -0.2) is 9.97 Å². The minimum absolute atomic E-state index is 0.204. The maximum Gasteiger partial charge on any atom is 0.147 e. The van der Waals surface area contributed by atoms with Gasteiger partial charge in [-0.3, -0.25) is 0 Å². The molecule has 0 atom stereocenters. The molecule has 0 radical (unpaired) electrons. The fourth-order valence-corrected chi connectivity index (χ4v) is 6.78. The van der Waals surface area contributed by atoms with E-state index in [9.17, 15) is 0 Å². The molecule has 0 bridgehead atoms. The van der Waals surface area contributed by atoms with Crippen LogP contribution in [-0.2, 0) is 5.41 Å². The molecule has 0 aliphatic carbocycles.